The normalized spacial score (nSPS) is 15.5. The molecule has 6 heteroatoms. The first-order valence-corrected chi connectivity index (χ1v) is 8.27. The Balaban J connectivity index is 1.45. The van der Waals surface area contributed by atoms with Crippen molar-refractivity contribution in [3.63, 3.8) is 0 Å². The fourth-order valence-corrected chi connectivity index (χ4v) is 2.93. The smallest absolute Gasteiger partial charge is 0.259 e. The molecule has 2 aromatic rings. The van der Waals surface area contributed by atoms with Crippen LogP contribution < -0.4 is 4.74 Å². The molecule has 3 rings (SSSR count). The standard InChI is InChI=1S/C18H23N3O3/c1-14-17(15(2)24-19-14)18(22)21-10-8-20(9-11-21)12-13-23-16-6-4-3-5-7-16/h3-7H,8-13H2,1-2H3. The maximum absolute atomic E-state index is 12.6. The highest BCUT2D eigenvalue weighted by atomic mass is 16.5. The highest BCUT2D eigenvalue weighted by molar-refractivity contribution is 5.96. The Labute approximate surface area is 142 Å². The number of amides is 1. The lowest BCUT2D eigenvalue weighted by atomic mass is 10.1. The molecule has 0 spiro atoms. The number of hydrogen-bond donors (Lipinski definition) is 0. The molecule has 1 aliphatic rings. The molecule has 0 aliphatic carbocycles. The Bertz CT molecular complexity index is 657. The van der Waals surface area contributed by atoms with Crippen LogP contribution in [0.3, 0.4) is 0 Å². The van der Waals surface area contributed by atoms with Crippen LogP contribution >= 0.6 is 0 Å². The van der Waals surface area contributed by atoms with Crippen LogP contribution in [0.15, 0.2) is 34.9 Å². The van der Waals surface area contributed by atoms with Crippen molar-refractivity contribution >= 4 is 5.91 Å². The van der Waals surface area contributed by atoms with Gasteiger partial charge in [-0.05, 0) is 26.0 Å². The molecule has 1 saturated heterocycles. The minimum absolute atomic E-state index is 0.0198. The molecule has 1 amide bonds. The van der Waals surface area contributed by atoms with Crippen molar-refractivity contribution in [2.24, 2.45) is 0 Å². The minimum atomic E-state index is 0.0198. The fourth-order valence-electron chi connectivity index (χ4n) is 2.93. The van der Waals surface area contributed by atoms with E-state index in [1.165, 1.54) is 0 Å². The minimum Gasteiger partial charge on any atom is -0.492 e. The Kier molecular flexibility index (Phi) is 5.15. The van der Waals surface area contributed by atoms with Crippen LogP contribution in [0.25, 0.3) is 0 Å². The van der Waals surface area contributed by atoms with E-state index in [0.29, 0.717) is 36.7 Å². The predicted octanol–water partition coefficient (Wildman–Crippen LogP) is 2.13. The van der Waals surface area contributed by atoms with Gasteiger partial charge in [0.25, 0.3) is 5.91 Å². The summed E-state index contributed by atoms with van der Waals surface area (Å²) in [5.74, 6) is 1.51. The lowest BCUT2D eigenvalue weighted by molar-refractivity contribution is 0.0618. The van der Waals surface area contributed by atoms with E-state index in [0.717, 1.165) is 25.4 Å². The number of hydrogen-bond acceptors (Lipinski definition) is 5. The number of carbonyl (C=O) groups excluding carboxylic acids is 1. The highest BCUT2D eigenvalue weighted by Gasteiger charge is 2.26. The summed E-state index contributed by atoms with van der Waals surface area (Å²) in [7, 11) is 0. The quantitative estimate of drug-likeness (QED) is 0.841. The van der Waals surface area contributed by atoms with Crippen molar-refractivity contribution in [3.8, 4) is 5.75 Å². The number of piperazine rings is 1. The number of nitrogens with zero attached hydrogens (tertiary/aromatic N) is 3. The zero-order valence-electron chi connectivity index (χ0n) is 14.2. The van der Waals surface area contributed by atoms with Gasteiger partial charge in [0.15, 0.2) is 0 Å². The van der Waals surface area contributed by atoms with Crippen LogP contribution in [0.1, 0.15) is 21.8 Å². The third-order valence-corrected chi connectivity index (χ3v) is 4.33. The fraction of sp³-hybridized carbons (Fsp3) is 0.444. The van der Waals surface area contributed by atoms with Crippen molar-refractivity contribution in [1.82, 2.24) is 15.0 Å². The summed E-state index contributed by atoms with van der Waals surface area (Å²) in [5, 5.41) is 3.87. The van der Waals surface area contributed by atoms with Gasteiger partial charge in [0.05, 0.1) is 5.69 Å². The SMILES string of the molecule is Cc1noc(C)c1C(=O)N1CCN(CCOc2ccccc2)CC1. The second-order valence-corrected chi connectivity index (χ2v) is 5.99. The van der Waals surface area contributed by atoms with Gasteiger partial charge in [0.1, 0.15) is 23.7 Å². The second kappa shape index (κ2) is 7.49. The first-order valence-electron chi connectivity index (χ1n) is 8.27. The van der Waals surface area contributed by atoms with Gasteiger partial charge in [-0.1, -0.05) is 23.4 Å². The van der Waals surface area contributed by atoms with Crippen molar-refractivity contribution in [3.05, 3.63) is 47.3 Å². The third kappa shape index (κ3) is 3.76. The predicted molar refractivity (Wildman–Crippen MR) is 90.3 cm³/mol. The number of benzene rings is 1. The van der Waals surface area contributed by atoms with Crippen LogP contribution in [0, 0.1) is 13.8 Å². The third-order valence-electron chi connectivity index (χ3n) is 4.33. The number of rotatable bonds is 5. The van der Waals surface area contributed by atoms with Crippen LogP contribution in [0.5, 0.6) is 5.75 Å². The molecule has 1 aliphatic heterocycles. The zero-order chi connectivity index (χ0) is 16.9. The zero-order valence-corrected chi connectivity index (χ0v) is 14.2. The number of aryl methyl sites for hydroxylation is 2. The topological polar surface area (TPSA) is 58.8 Å². The van der Waals surface area contributed by atoms with E-state index >= 15 is 0 Å². The molecular weight excluding hydrogens is 306 g/mol. The maximum Gasteiger partial charge on any atom is 0.259 e. The number of para-hydroxylation sites is 1. The highest BCUT2D eigenvalue weighted by Crippen LogP contribution is 2.16. The van der Waals surface area contributed by atoms with Crippen molar-refractivity contribution in [2.45, 2.75) is 13.8 Å². The van der Waals surface area contributed by atoms with Crippen LogP contribution in [0.2, 0.25) is 0 Å². The van der Waals surface area contributed by atoms with E-state index in [1.54, 1.807) is 13.8 Å². The molecular formula is C18H23N3O3. The summed E-state index contributed by atoms with van der Waals surface area (Å²) < 4.78 is 10.8. The average molecular weight is 329 g/mol. The second-order valence-electron chi connectivity index (χ2n) is 5.99. The van der Waals surface area contributed by atoms with Crippen LogP contribution in [-0.4, -0.2) is 60.2 Å². The molecule has 0 unspecified atom stereocenters. The van der Waals surface area contributed by atoms with Crippen LogP contribution in [0.4, 0.5) is 0 Å². The van der Waals surface area contributed by atoms with E-state index < -0.39 is 0 Å². The van der Waals surface area contributed by atoms with Crippen molar-refractivity contribution in [2.75, 3.05) is 39.3 Å². The number of carbonyl (C=O) groups is 1. The molecule has 24 heavy (non-hydrogen) atoms. The molecule has 0 bridgehead atoms. The van der Waals surface area contributed by atoms with Gasteiger partial charge in [0, 0.05) is 32.7 Å². The maximum atomic E-state index is 12.6. The summed E-state index contributed by atoms with van der Waals surface area (Å²) in [5.41, 5.74) is 1.27. The van der Waals surface area contributed by atoms with E-state index in [4.69, 9.17) is 9.26 Å². The number of ether oxygens (including phenoxy) is 1. The summed E-state index contributed by atoms with van der Waals surface area (Å²) >= 11 is 0. The Morgan fingerprint density at radius 1 is 1.17 bits per heavy atom. The molecule has 0 N–H and O–H groups in total. The molecule has 6 nitrogen and oxygen atoms in total. The molecule has 0 atom stereocenters. The lowest BCUT2D eigenvalue weighted by Gasteiger charge is -2.34. The van der Waals surface area contributed by atoms with E-state index in [-0.39, 0.29) is 5.91 Å². The molecule has 128 valence electrons. The molecule has 0 radical (unpaired) electrons. The van der Waals surface area contributed by atoms with E-state index in [9.17, 15) is 4.79 Å². The van der Waals surface area contributed by atoms with Gasteiger partial charge in [0.2, 0.25) is 0 Å². The Hall–Kier alpha value is -2.34. The summed E-state index contributed by atoms with van der Waals surface area (Å²) in [6.07, 6.45) is 0. The van der Waals surface area contributed by atoms with E-state index in [2.05, 4.69) is 10.1 Å². The Morgan fingerprint density at radius 3 is 2.50 bits per heavy atom. The van der Waals surface area contributed by atoms with Gasteiger partial charge in [-0.2, -0.15) is 0 Å². The van der Waals surface area contributed by atoms with Crippen molar-refractivity contribution < 1.29 is 14.1 Å². The van der Waals surface area contributed by atoms with Gasteiger partial charge in [-0.3, -0.25) is 9.69 Å². The lowest BCUT2D eigenvalue weighted by Crippen LogP contribution is -2.49. The molecule has 1 fully saturated rings. The largest absolute Gasteiger partial charge is 0.492 e. The molecule has 0 saturated carbocycles. The summed E-state index contributed by atoms with van der Waals surface area (Å²) in [6, 6.07) is 9.82. The van der Waals surface area contributed by atoms with Crippen molar-refractivity contribution in [1.29, 1.82) is 0 Å². The number of aromatic nitrogens is 1. The molecule has 1 aromatic carbocycles. The van der Waals surface area contributed by atoms with E-state index in [1.807, 2.05) is 35.2 Å². The van der Waals surface area contributed by atoms with Gasteiger partial charge in [-0.25, -0.2) is 0 Å². The summed E-state index contributed by atoms with van der Waals surface area (Å²) in [4.78, 5) is 16.8. The summed E-state index contributed by atoms with van der Waals surface area (Å²) in [6.45, 7) is 8.25. The molecule has 1 aromatic heterocycles. The van der Waals surface area contributed by atoms with Gasteiger partial charge >= 0.3 is 0 Å². The van der Waals surface area contributed by atoms with Gasteiger partial charge in [-0.15, -0.1) is 0 Å². The average Bonchev–Trinajstić information content (AvgIpc) is 2.94. The first kappa shape index (κ1) is 16.5. The monoisotopic (exact) mass is 329 g/mol. The van der Waals surface area contributed by atoms with Crippen LogP contribution in [-0.2, 0) is 0 Å². The Morgan fingerprint density at radius 2 is 1.88 bits per heavy atom. The van der Waals surface area contributed by atoms with Gasteiger partial charge < -0.3 is 14.2 Å². The molecule has 2 heterocycles. The first-order chi connectivity index (χ1) is 11.6.